The van der Waals surface area contributed by atoms with Gasteiger partial charge in [-0.1, -0.05) is 0 Å². The van der Waals surface area contributed by atoms with Crippen molar-refractivity contribution in [2.45, 2.75) is 26.1 Å². The lowest BCUT2D eigenvalue weighted by Crippen LogP contribution is -2.32. The highest BCUT2D eigenvalue weighted by Gasteiger charge is 2.11. The first-order chi connectivity index (χ1) is 9.72. The largest absolute Gasteiger partial charge is 0.547 e. The van der Waals surface area contributed by atoms with Crippen molar-refractivity contribution in [2.75, 3.05) is 41.9 Å². The lowest BCUT2D eigenvalue weighted by atomic mass is 10.4. The Kier molecular flexibility index (Phi) is 24.7. The van der Waals surface area contributed by atoms with Gasteiger partial charge in [0.25, 0.3) is 0 Å². The summed E-state index contributed by atoms with van der Waals surface area (Å²) in [7, 11) is 9.68. The van der Waals surface area contributed by atoms with Crippen LogP contribution in [0, 0.1) is 0 Å². The maximum absolute atomic E-state index is 10.5. The summed E-state index contributed by atoms with van der Waals surface area (Å²) in [6.45, 7) is 1.93. The number of ether oxygens (including phenoxy) is 2. The molecule has 0 aromatic rings. The van der Waals surface area contributed by atoms with Crippen molar-refractivity contribution in [1.29, 1.82) is 0 Å². The van der Waals surface area contributed by atoms with Gasteiger partial charge in [-0.25, -0.2) is 9.59 Å². The van der Waals surface area contributed by atoms with Crippen molar-refractivity contribution in [2.24, 2.45) is 0 Å². The van der Waals surface area contributed by atoms with Crippen LogP contribution in [0.15, 0.2) is 0 Å². The van der Waals surface area contributed by atoms with E-state index in [2.05, 4.69) is 37.7 Å². The Morgan fingerprint density at radius 2 is 1.29 bits per heavy atom. The van der Waals surface area contributed by atoms with Crippen LogP contribution in [0.5, 0.6) is 0 Å². The fraction of sp³-hybridized carbons (Fsp3) is 0.769. The molecule has 24 heavy (non-hydrogen) atoms. The Balaban J connectivity index is -0.0000000796. The summed E-state index contributed by atoms with van der Waals surface area (Å²) in [5, 5.41) is 25.9. The number of methoxy groups -OCH3 is 1. The first kappa shape index (κ1) is 33.7. The number of carboxylic acid groups (broad SMARTS) is 1. The Labute approximate surface area is 141 Å². The minimum Gasteiger partial charge on any atom is -0.547 e. The number of aliphatic hydroxyl groups excluding tert-OH is 2. The number of aliphatic hydroxyl groups is 2. The molecule has 11 heteroatoms. The Morgan fingerprint density at radius 1 is 1.00 bits per heavy atom. The average molecular weight is 361 g/mol. The number of aliphatic carboxylic acids is 1. The van der Waals surface area contributed by atoms with E-state index in [-0.39, 0.29) is 11.0 Å². The molecule has 0 aliphatic rings. The number of rotatable bonds is 4. The van der Waals surface area contributed by atoms with Crippen LogP contribution >= 0.6 is 0 Å². The number of hydrogen-bond acceptors (Lipinski definition) is 8. The second-order valence-corrected chi connectivity index (χ2v) is 5.54. The quantitative estimate of drug-likeness (QED) is 0.371. The highest BCUT2D eigenvalue weighted by atomic mass is 16.6. The minimum atomic E-state index is -1.44. The molecule has 0 aromatic carbocycles. The number of carboxylic acids is 1. The van der Waals surface area contributed by atoms with Gasteiger partial charge in [0.15, 0.2) is 6.61 Å². The average Bonchev–Trinajstić information content (AvgIpc) is 2.33. The molecular weight excluding hydrogens is 330 g/mol. The second-order valence-electron chi connectivity index (χ2n) is 5.54. The normalized spacial score (nSPS) is 11.4. The number of carbonyl (C=O) groups excluding carboxylic acids is 3. The summed E-state index contributed by atoms with van der Waals surface area (Å²) >= 11 is 0. The molecule has 2 atom stereocenters. The van der Waals surface area contributed by atoms with Gasteiger partial charge in [-0.3, -0.25) is 0 Å². The highest BCUT2D eigenvalue weighted by molar-refractivity contribution is 5.78. The molecule has 0 amide bonds. The zero-order valence-corrected chi connectivity index (χ0v) is 15.2. The van der Waals surface area contributed by atoms with E-state index in [0.717, 1.165) is 11.4 Å². The molecule has 0 saturated heterocycles. The van der Waals surface area contributed by atoms with Gasteiger partial charge < -0.3 is 45.0 Å². The van der Waals surface area contributed by atoms with Crippen molar-refractivity contribution < 1.29 is 54.6 Å². The molecule has 6 N–H and O–H groups in total. The van der Waals surface area contributed by atoms with Gasteiger partial charge in [-0.15, -0.1) is 0 Å². The summed E-state index contributed by atoms with van der Waals surface area (Å²) in [6, 6.07) is 0. The van der Waals surface area contributed by atoms with Crippen molar-refractivity contribution in [3.63, 3.8) is 0 Å². The molecule has 0 saturated carbocycles. The molecule has 0 heterocycles. The number of esters is 2. The minimum absolute atomic E-state index is 0. The van der Waals surface area contributed by atoms with Crippen LogP contribution in [0.25, 0.3) is 0 Å². The number of carbonyl (C=O) groups is 3. The van der Waals surface area contributed by atoms with Crippen LogP contribution in [0.1, 0.15) is 13.8 Å². The zero-order valence-electron chi connectivity index (χ0n) is 15.2. The van der Waals surface area contributed by atoms with Crippen LogP contribution in [-0.2, 0) is 23.9 Å². The first-order valence-electron chi connectivity index (χ1n) is 6.31. The molecular formula is C13H31NO10. The van der Waals surface area contributed by atoms with Crippen LogP contribution < -0.4 is 5.11 Å². The molecule has 0 rings (SSSR count). The van der Waals surface area contributed by atoms with Gasteiger partial charge >= 0.3 is 11.9 Å². The predicted molar refractivity (Wildman–Crippen MR) is 82.5 cm³/mol. The predicted octanol–water partition coefficient (Wildman–Crippen LogP) is -4.13. The van der Waals surface area contributed by atoms with E-state index in [0.29, 0.717) is 0 Å². The molecule has 0 aliphatic carbocycles. The van der Waals surface area contributed by atoms with Crippen molar-refractivity contribution in [3.05, 3.63) is 0 Å². The Morgan fingerprint density at radius 3 is 1.46 bits per heavy atom. The number of quaternary nitrogens is 1. The van der Waals surface area contributed by atoms with Gasteiger partial charge in [0.2, 0.25) is 0 Å². The molecule has 2 unspecified atom stereocenters. The first-order valence-corrected chi connectivity index (χ1v) is 6.31. The fourth-order valence-corrected chi connectivity index (χ4v) is 0.310. The standard InChI is InChI=1S/C6H10O5.C4H12N.C3H6O3.2H2O/c1-4(7)6(9)11-3-5(8)10-2;1-5(2,3)4;1-2(4)3(5)6;;/h4,7H,3H2,1-2H3;1-4H3;2,4H,1H3,(H,5,6);2*1H2/q;+1;;;/p-1. The smallest absolute Gasteiger partial charge is 0.344 e. The van der Waals surface area contributed by atoms with E-state index in [9.17, 15) is 19.5 Å². The second kappa shape index (κ2) is 17.6. The molecule has 0 bridgehead atoms. The lowest BCUT2D eigenvalue weighted by Gasteiger charge is -2.14. The van der Waals surface area contributed by atoms with E-state index in [4.69, 9.17) is 10.2 Å². The summed E-state index contributed by atoms with van der Waals surface area (Å²) in [5.41, 5.74) is 0. The van der Waals surface area contributed by atoms with Gasteiger partial charge in [0.1, 0.15) is 6.10 Å². The monoisotopic (exact) mass is 361 g/mol. The molecule has 0 radical (unpaired) electrons. The summed E-state index contributed by atoms with van der Waals surface area (Å²) in [4.78, 5) is 30.2. The van der Waals surface area contributed by atoms with E-state index in [1.165, 1.54) is 14.0 Å². The Hall–Kier alpha value is -1.79. The molecule has 0 fully saturated rings. The van der Waals surface area contributed by atoms with Gasteiger partial charge in [0, 0.05) is 0 Å². The Bertz CT molecular complexity index is 330. The third-order valence-corrected chi connectivity index (χ3v) is 1.24. The molecule has 0 spiro atoms. The van der Waals surface area contributed by atoms with Crippen LogP contribution in [0.2, 0.25) is 0 Å². The topological polar surface area (TPSA) is 196 Å². The van der Waals surface area contributed by atoms with Crippen LogP contribution in [0.4, 0.5) is 0 Å². The van der Waals surface area contributed by atoms with Crippen molar-refractivity contribution >= 4 is 17.9 Å². The van der Waals surface area contributed by atoms with E-state index in [1.807, 2.05) is 0 Å². The van der Waals surface area contributed by atoms with Crippen molar-refractivity contribution in [1.82, 2.24) is 0 Å². The molecule has 11 nitrogen and oxygen atoms in total. The summed E-state index contributed by atoms with van der Waals surface area (Å²) in [6.07, 6.45) is -2.55. The van der Waals surface area contributed by atoms with Crippen LogP contribution in [-0.4, -0.2) is 97.7 Å². The maximum Gasteiger partial charge on any atom is 0.344 e. The number of nitrogens with zero attached hydrogens (tertiary/aromatic N) is 1. The summed E-state index contributed by atoms with van der Waals surface area (Å²) < 4.78 is 9.48. The van der Waals surface area contributed by atoms with E-state index >= 15 is 0 Å². The van der Waals surface area contributed by atoms with Gasteiger partial charge in [-0.05, 0) is 13.8 Å². The maximum atomic E-state index is 10.5. The van der Waals surface area contributed by atoms with Crippen LogP contribution in [0.3, 0.4) is 0 Å². The van der Waals surface area contributed by atoms with E-state index < -0.39 is 36.7 Å². The zero-order chi connectivity index (χ0) is 18.5. The lowest BCUT2D eigenvalue weighted by molar-refractivity contribution is -0.849. The summed E-state index contributed by atoms with van der Waals surface area (Å²) in [5.74, 6) is -2.93. The molecule has 0 aliphatic heterocycles. The third kappa shape index (κ3) is 42.7. The van der Waals surface area contributed by atoms with Gasteiger partial charge in [-0.2, -0.15) is 0 Å². The highest BCUT2D eigenvalue weighted by Crippen LogP contribution is 1.86. The fourth-order valence-electron chi connectivity index (χ4n) is 0.310. The number of hydrogen-bond donors (Lipinski definition) is 2. The van der Waals surface area contributed by atoms with Crippen molar-refractivity contribution in [3.8, 4) is 0 Å². The van der Waals surface area contributed by atoms with E-state index in [1.54, 1.807) is 0 Å². The van der Waals surface area contributed by atoms with Gasteiger partial charge in [0.05, 0.1) is 47.4 Å². The molecule has 148 valence electrons. The molecule has 0 aromatic heterocycles. The SMILES string of the molecule is CC(O)C(=O)[O-].COC(=O)COC(=O)C(C)O.C[N+](C)(C)C.O.O. The third-order valence-electron chi connectivity index (χ3n) is 1.24.